The Balaban J connectivity index is 1.65. The summed E-state index contributed by atoms with van der Waals surface area (Å²) >= 11 is 6.08. The van der Waals surface area contributed by atoms with Gasteiger partial charge < -0.3 is 9.64 Å². The lowest BCUT2D eigenvalue weighted by atomic mass is 10.0. The van der Waals surface area contributed by atoms with Crippen molar-refractivity contribution in [3.63, 3.8) is 0 Å². The van der Waals surface area contributed by atoms with Gasteiger partial charge in [-0.3, -0.25) is 9.59 Å². The molecular formula is C26H21ClN2O3. The molecule has 6 heteroatoms. The first kappa shape index (κ1) is 20.3. The molecule has 0 unspecified atom stereocenters. The zero-order chi connectivity index (χ0) is 22.2. The number of nitrogens with zero attached hydrogens (tertiary/aromatic N) is 2. The van der Waals surface area contributed by atoms with Crippen LogP contribution >= 0.6 is 11.6 Å². The van der Waals surface area contributed by atoms with Gasteiger partial charge >= 0.3 is 0 Å². The smallest absolute Gasteiger partial charge is 0.282 e. The zero-order valence-electron chi connectivity index (χ0n) is 17.5. The molecule has 0 radical (unpaired) electrons. The molecule has 3 aromatic carbocycles. The highest BCUT2D eigenvalue weighted by Gasteiger charge is 2.44. The number of imide groups is 1. The summed E-state index contributed by atoms with van der Waals surface area (Å²) in [5.41, 5.74) is 4.04. The maximum absolute atomic E-state index is 13.8. The molecule has 2 aliphatic rings. The summed E-state index contributed by atoms with van der Waals surface area (Å²) in [6, 6.07) is 22.1. The molecule has 5 nitrogen and oxygen atoms in total. The van der Waals surface area contributed by atoms with Gasteiger partial charge in [-0.25, -0.2) is 4.90 Å². The summed E-state index contributed by atoms with van der Waals surface area (Å²) in [7, 11) is 0. The molecule has 0 bridgehead atoms. The van der Waals surface area contributed by atoms with Crippen LogP contribution in [0.3, 0.4) is 0 Å². The Hall–Kier alpha value is -3.57. The summed E-state index contributed by atoms with van der Waals surface area (Å²) in [4.78, 5) is 30.7. The van der Waals surface area contributed by atoms with Gasteiger partial charge in [0.1, 0.15) is 11.4 Å². The second-order valence-corrected chi connectivity index (χ2v) is 8.07. The monoisotopic (exact) mass is 444 g/mol. The van der Waals surface area contributed by atoms with Crippen molar-refractivity contribution in [1.29, 1.82) is 0 Å². The summed E-state index contributed by atoms with van der Waals surface area (Å²) in [6.07, 6.45) is 0.814. The Labute approximate surface area is 191 Å². The molecule has 5 rings (SSSR count). The lowest BCUT2D eigenvalue weighted by Gasteiger charge is -2.22. The van der Waals surface area contributed by atoms with Gasteiger partial charge in [0, 0.05) is 23.3 Å². The number of hydrogen-bond donors (Lipinski definition) is 0. The molecule has 0 aliphatic carbocycles. The van der Waals surface area contributed by atoms with E-state index < -0.39 is 0 Å². The molecule has 2 amide bonds. The van der Waals surface area contributed by atoms with Crippen molar-refractivity contribution in [3.05, 3.63) is 94.6 Å². The fourth-order valence-corrected chi connectivity index (χ4v) is 4.46. The average Bonchev–Trinajstić information content (AvgIpc) is 3.33. The highest BCUT2D eigenvalue weighted by Crippen LogP contribution is 2.40. The van der Waals surface area contributed by atoms with Crippen molar-refractivity contribution in [2.75, 3.05) is 23.0 Å². The first-order chi connectivity index (χ1) is 15.6. The molecule has 0 saturated heterocycles. The van der Waals surface area contributed by atoms with Gasteiger partial charge in [0.05, 0.1) is 17.9 Å². The third-order valence-corrected chi connectivity index (χ3v) is 5.99. The predicted molar refractivity (Wildman–Crippen MR) is 126 cm³/mol. The molecule has 0 aromatic heterocycles. The third kappa shape index (κ3) is 3.35. The van der Waals surface area contributed by atoms with Gasteiger partial charge in [0.25, 0.3) is 11.8 Å². The maximum Gasteiger partial charge on any atom is 0.282 e. The minimum atomic E-state index is -0.356. The summed E-state index contributed by atoms with van der Waals surface area (Å²) in [5, 5.41) is 0.570. The second-order valence-electron chi connectivity index (χ2n) is 7.64. The van der Waals surface area contributed by atoms with Crippen LogP contribution in [0.5, 0.6) is 5.75 Å². The van der Waals surface area contributed by atoms with Crippen molar-refractivity contribution in [2.24, 2.45) is 0 Å². The minimum Gasteiger partial charge on any atom is -0.494 e. The molecule has 160 valence electrons. The molecular weight excluding hydrogens is 424 g/mol. The number of anilines is 2. The predicted octanol–water partition coefficient (Wildman–Crippen LogP) is 5.09. The lowest BCUT2D eigenvalue weighted by molar-refractivity contribution is -0.120. The molecule has 0 atom stereocenters. The van der Waals surface area contributed by atoms with Crippen molar-refractivity contribution >= 4 is 40.4 Å². The summed E-state index contributed by atoms with van der Waals surface area (Å²) in [6.45, 7) is 3.02. The molecule has 0 saturated carbocycles. The number of para-hydroxylation sites is 1. The number of ether oxygens (including phenoxy) is 1. The van der Waals surface area contributed by atoms with Crippen LogP contribution < -0.4 is 14.5 Å². The number of hydrogen-bond acceptors (Lipinski definition) is 4. The van der Waals surface area contributed by atoms with Gasteiger partial charge in [-0.2, -0.15) is 0 Å². The zero-order valence-corrected chi connectivity index (χ0v) is 18.3. The largest absolute Gasteiger partial charge is 0.494 e. The van der Waals surface area contributed by atoms with Crippen LogP contribution in [-0.2, 0) is 16.0 Å². The Bertz CT molecular complexity index is 1250. The van der Waals surface area contributed by atoms with Crippen molar-refractivity contribution in [3.8, 4) is 5.75 Å². The van der Waals surface area contributed by atoms with Crippen LogP contribution in [0.25, 0.3) is 5.57 Å². The Morgan fingerprint density at radius 1 is 0.938 bits per heavy atom. The molecule has 2 heterocycles. The third-order valence-electron chi connectivity index (χ3n) is 5.74. The highest BCUT2D eigenvalue weighted by molar-refractivity contribution is 6.46. The molecule has 0 spiro atoms. The lowest BCUT2D eigenvalue weighted by Crippen LogP contribution is -2.34. The molecule has 32 heavy (non-hydrogen) atoms. The SMILES string of the molecule is CCOc1cccc(N2C(=O)C(c3ccc(Cl)cc3)=C(N3CCc4ccccc43)C2=O)c1. The number of amides is 2. The Morgan fingerprint density at radius 2 is 1.72 bits per heavy atom. The topological polar surface area (TPSA) is 49.9 Å². The highest BCUT2D eigenvalue weighted by atomic mass is 35.5. The van der Waals surface area contributed by atoms with E-state index >= 15 is 0 Å². The van der Waals surface area contributed by atoms with E-state index in [1.807, 2.05) is 36.1 Å². The first-order valence-corrected chi connectivity index (χ1v) is 10.9. The summed E-state index contributed by atoms with van der Waals surface area (Å²) in [5.74, 6) is -0.0886. The van der Waals surface area contributed by atoms with E-state index in [1.54, 1.807) is 42.5 Å². The number of fused-ring (bicyclic) bond motifs is 1. The van der Waals surface area contributed by atoms with E-state index in [2.05, 4.69) is 6.07 Å². The van der Waals surface area contributed by atoms with Gasteiger partial charge in [-0.1, -0.05) is 48.0 Å². The number of carbonyl (C=O) groups is 2. The molecule has 0 fully saturated rings. The number of rotatable bonds is 5. The maximum atomic E-state index is 13.8. The summed E-state index contributed by atoms with van der Waals surface area (Å²) < 4.78 is 5.59. The molecule has 0 N–H and O–H groups in total. The number of carbonyl (C=O) groups excluding carboxylic acids is 2. The number of halogens is 1. The molecule has 2 aliphatic heterocycles. The fourth-order valence-electron chi connectivity index (χ4n) is 4.33. The van der Waals surface area contributed by atoms with E-state index in [9.17, 15) is 9.59 Å². The number of benzene rings is 3. The van der Waals surface area contributed by atoms with E-state index in [4.69, 9.17) is 16.3 Å². The van der Waals surface area contributed by atoms with E-state index in [-0.39, 0.29) is 11.8 Å². The quantitative estimate of drug-likeness (QED) is 0.514. The minimum absolute atomic E-state index is 0.342. The van der Waals surface area contributed by atoms with E-state index in [1.165, 1.54) is 4.90 Å². The van der Waals surface area contributed by atoms with Crippen LogP contribution in [-0.4, -0.2) is 25.0 Å². The van der Waals surface area contributed by atoms with Gasteiger partial charge in [0.2, 0.25) is 0 Å². The van der Waals surface area contributed by atoms with Crippen LogP contribution in [0.1, 0.15) is 18.1 Å². The fraction of sp³-hybridized carbons (Fsp3) is 0.154. The van der Waals surface area contributed by atoms with Crippen LogP contribution in [0.2, 0.25) is 5.02 Å². The average molecular weight is 445 g/mol. The van der Waals surface area contributed by atoms with Crippen LogP contribution in [0.4, 0.5) is 11.4 Å². The normalized spacial score (nSPS) is 15.6. The van der Waals surface area contributed by atoms with E-state index in [0.29, 0.717) is 46.4 Å². The van der Waals surface area contributed by atoms with E-state index in [0.717, 1.165) is 17.7 Å². The Morgan fingerprint density at radius 3 is 2.50 bits per heavy atom. The standard InChI is InChI=1S/C26H21ClN2O3/c1-2-32-21-8-5-7-20(16-21)29-25(30)23(18-10-12-19(27)13-11-18)24(26(29)31)28-15-14-17-6-3-4-9-22(17)28/h3-13,16H,2,14-15H2,1H3. The molecule has 3 aromatic rings. The Kier molecular flexibility index (Phi) is 5.19. The van der Waals surface area contributed by atoms with Crippen molar-refractivity contribution < 1.29 is 14.3 Å². The van der Waals surface area contributed by atoms with Crippen LogP contribution in [0, 0.1) is 0 Å². The van der Waals surface area contributed by atoms with Gasteiger partial charge in [-0.05, 0) is 54.8 Å². The first-order valence-electron chi connectivity index (χ1n) is 10.6. The van der Waals surface area contributed by atoms with Gasteiger partial charge in [-0.15, -0.1) is 0 Å². The van der Waals surface area contributed by atoms with Crippen LogP contribution in [0.15, 0.2) is 78.5 Å². The van der Waals surface area contributed by atoms with Gasteiger partial charge in [0.15, 0.2) is 0 Å². The van der Waals surface area contributed by atoms with Crippen molar-refractivity contribution in [1.82, 2.24) is 0 Å². The second kappa shape index (κ2) is 8.17. The van der Waals surface area contributed by atoms with Crippen molar-refractivity contribution in [2.45, 2.75) is 13.3 Å².